The molecule has 0 saturated heterocycles. The Kier molecular flexibility index (Phi) is 6.94. The molecule has 1 N–H and O–H groups in total. The third-order valence-electron chi connectivity index (χ3n) is 2.71. The lowest BCUT2D eigenvalue weighted by Gasteiger charge is -2.18. The van der Waals surface area contributed by atoms with Gasteiger partial charge in [0.1, 0.15) is 6.61 Å². The number of rotatable bonds is 9. The minimum absolute atomic E-state index is 0.0362. The highest BCUT2D eigenvalue weighted by Crippen LogP contribution is 2.18. The van der Waals surface area contributed by atoms with Crippen LogP contribution < -0.4 is 5.32 Å². The van der Waals surface area contributed by atoms with Gasteiger partial charge < -0.3 is 10.1 Å². The van der Waals surface area contributed by atoms with Gasteiger partial charge in [-0.3, -0.25) is 0 Å². The molecule has 20 heavy (non-hydrogen) atoms. The fraction of sp³-hybridized carbons (Fsp3) is 0.833. The van der Waals surface area contributed by atoms with Crippen molar-refractivity contribution in [2.24, 2.45) is 0 Å². The van der Waals surface area contributed by atoms with Crippen molar-refractivity contribution in [3.63, 3.8) is 0 Å². The van der Waals surface area contributed by atoms with Crippen molar-refractivity contribution < 1.29 is 17.9 Å². The smallest absolute Gasteiger partial charge is 0.372 e. The van der Waals surface area contributed by atoms with Crippen molar-refractivity contribution in [3.05, 3.63) is 11.9 Å². The molecule has 1 rings (SSSR count). The maximum Gasteiger partial charge on any atom is 0.411 e. The molecule has 0 aromatic carbocycles. The molecule has 1 aromatic rings. The molecular formula is C12H21F3N4O. The molecule has 0 radical (unpaired) electrons. The second-order valence-corrected chi connectivity index (χ2v) is 4.45. The van der Waals surface area contributed by atoms with Gasteiger partial charge in [0.25, 0.3) is 0 Å². The van der Waals surface area contributed by atoms with Crippen LogP contribution in [0.5, 0.6) is 0 Å². The monoisotopic (exact) mass is 294 g/mol. The number of ether oxygens (including phenoxy) is 1. The summed E-state index contributed by atoms with van der Waals surface area (Å²) in [4.78, 5) is 0. The largest absolute Gasteiger partial charge is 0.411 e. The Morgan fingerprint density at radius 2 is 2.15 bits per heavy atom. The van der Waals surface area contributed by atoms with Crippen molar-refractivity contribution in [1.29, 1.82) is 0 Å². The fourth-order valence-corrected chi connectivity index (χ4v) is 1.91. The molecule has 0 aliphatic rings. The van der Waals surface area contributed by atoms with Crippen LogP contribution in [0.3, 0.4) is 0 Å². The first kappa shape index (κ1) is 16.9. The first-order valence-corrected chi connectivity index (χ1v) is 6.74. The van der Waals surface area contributed by atoms with Gasteiger partial charge in [-0.05, 0) is 19.4 Å². The summed E-state index contributed by atoms with van der Waals surface area (Å²) >= 11 is 0. The van der Waals surface area contributed by atoms with E-state index >= 15 is 0 Å². The van der Waals surface area contributed by atoms with Gasteiger partial charge in [-0.1, -0.05) is 19.1 Å². The first-order valence-electron chi connectivity index (χ1n) is 6.74. The second-order valence-electron chi connectivity index (χ2n) is 4.45. The van der Waals surface area contributed by atoms with E-state index in [1.165, 1.54) is 0 Å². The van der Waals surface area contributed by atoms with Gasteiger partial charge in [0, 0.05) is 13.2 Å². The minimum Gasteiger partial charge on any atom is -0.372 e. The van der Waals surface area contributed by atoms with Gasteiger partial charge in [-0.2, -0.15) is 13.2 Å². The quantitative estimate of drug-likeness (QED) is 0.710. The molecule has 116 valence electrons. The molecule has 1 aromatic heterocycles. The lowest BCUT2D eigenvalue weighted by atomic mass is 10.1. The highest BCUT2D eigenvalue weighted by Gasteiger charge is 2.27. The van der Waals surface area contributed by atoms with E-state index in [4.69, 9.17) is 0 Å². The molecule has 1 unspecified atom stereocenters. The standard InChI is InChI=1S/C12H21F3N4O/c1-3-6-19-11(8-17-18-19)10(16-4-2)5-7-20-9-12(13,14)15/h8,10,16H,3-7,9H2,1-2H3. The van der Waals surface area contributed by atoms with Crippen molar-refractivity contribution in [2.75, 3.05) is 19.8 Å². The molecule has 0 aliphatic carbocycles. The number of nitrogens with zero attached hydrogens (tertiary/aromatic N) is 3. The number of nitrogens with one attached hydrogen (secondary N) is 1. The number of aryl methyl sites for hydroxylation is 1. The molecule has 0 fully saturated rings. The second kappa shape index (κ2) is 8.21. The number of hydrogen-bond acceptors (Lipinski definition) is 4. The Morgan fingerprint density at radius 3 is 2.75 bits per heavy atom. The van der Waals surface area contributed by atoms with Crippen molar-refractivity contribution >= 4 is 0 Å². The zero-order valence-electron chi connectivity index (χ0n) is 11.8. The summed E-state index contributed by atoms with van der Waals surface area (Å²) < 4.78 is 42.4. The van der Waals surface area contributed by atoms with Crippen LogP contribution in [-0.4, -0.2) is 40.9 Å². The van der Waals surface area contributed by atoms with E-state index in [0.717, 1.165) is 18.7 Å². The predicted octanol–water partition coefficient (Wildman–Crippen LogP) is 2.31. The lowest BCUT2D eigenvalue weighted by Crippen LogP contribution is -2.26. The summed E-state index contributed by atoms with van der Waals surface area (Å²) in [6.45, 7) is 4.24. The zero-order chi connectivity index (χ0) is 15.0. The van der Waals surface area contributed by atoms with Crippen LogP contribution in [0.2, 0.25) is 0 Å². The number of alkyl halides is 3. The highest BCUT2D eigenvalue weighted by atomic mass is 19.4. The van der Waals surface area contributed by atoms with Crippen LogP contribution in [0.15, 0.2) is 6.20 Å². The van der Waals surface area contributed by atoms with E-state index in [9.17, 15) is 13.2 Å². The van der Waals surface area contributed by atoms with Gasteiger partial charge in [0.05, 0.1) is 17.9 Å². The molecule has 0 bridgehead atoms. The van der Waals surface area contributed by atoms with E-state index in [0.29, 0.717) is 13.0 Å². The number of aromatic nitrogens is 3. The summed E-state index contributed by atoms with van der Waals surface area (Å²) in [6.07, 6.45) is -1.27. The van der Waals surface area contributed by atoms with Crippen LogP contribution >= 0.6 is 0 Å². The summed E-state index contributed by atoms with van der Waals surface area (Å²) in [5, 5.41) is 11.1. The number of halogens is 3. The summed E-state index contributed by atoms with van der Waals surface area (Å²) in [6, 6.07) is -0.102. The van der Waals surface area contributed by atoms with Gasteiger partial charge in [0.2, 0.25) is 0 Å². The van der Waals surface area contributed by atoms with Gasteiger partial charge in [-0.15, -0.1) is 5.10 Å². The van der Waals surface area contributed by atoms with Crippen molar-refractivity contribution in [2.45, 2.75) is 45.5 Å². The van der Waals surface area contributed by atoms with Gasteiger partial charge in [0.15, 0.2) is 0 Å². The van der Waals surface area contributed by atoms with E-state index in [1.54, 1.807) is 10.9 Å². The zero-order valence-corrected chi connectivity index (χ0v) is 11.8. The normalized spacial score (nSPS) is 13.7. The molecule has 5 nitrogen and oxygen atoms in total. The minimum atomic E-state index is -4.28. The summed E-state index contributed by atoms with van der Waals surface area (Å²) in [5.74, 6) is 0. The average Bonchev–Trinajstić information content (AvgIpc) is 2.80. The molecule has 0 aliphatic heterocycles. The lowest BCUT2D eigenvalue weighted by molar-refractivity contribution is -0.174. The number of hydrogen-bond donors (Lipinski definition) is 1. The Bertz CT molecular complexity index is 381. The Hall–Kier alpha value is -1.15. The van der Waals surface area contributed by atoms with Crippen LogP contribution in [0.4, 0.5) is 13.2 Å². The first-order chi connectivity index (χ1) is 9.48. The third kappa shape index (κ3) is 5.87. The van der Waals surface area contributed by atoms with Crippen LogP contribution in [0, 0.1) is 0 Å². The molecule has 1 heterocycles. The maximum atomic E-state index is 12.0. The molecule has 1 atom stereocenters. The van der Waals surface area contributed by atoms with E-state index < -0.39 is 12.8 Å². The Morgan fingerprint density at radius 1 is 1.40 bits per heavy atom. The Labute approximate surface area is 116 Å². The van der Waals surface area contributed by atoms with Crippen LogP contribution in [0.25, 0.3) is 0 Å². The molecular weight excluding hydrogens is 273 g/mol. The van der Waals surface area contributed by atoms with Crippen LogP contribution in [-0.2, 0) is 11.3 Å². The molecule has 0 amide bonds. The molecule has 0 spiro atoms. The maximum absolute atomic E-state index is 12.0. The van der Waals surface area contributed by atoms with E-state index in [1.807, 2.05) is 13.8 Å². The Balaban J connectivity index is 2.53. The third-order valence-corrected chi connectivity index (χ3v) is 2.71. The predicted molar refractivity (Wildman–Crippen MR) is 68.2 cm³/mol. The van der Waals surface area contributed by atoms with E-state index in [-0.39, 0.29) is 12.6 Å². The summed E-state index contributed by atoms with van der Waals surface area (Å²) in [7, 11) is 0. The fourth-order valence-electron chi connectivity index (χ4n) is 1.91. The van der Waals surface area contributed by atoms with Crippen LogP contribution in [0.1, 0.15) is 38.4 Å². The van der Waals surface area contributed by atoms with Gasteiger partial charge in [-0.25, -0.2) is 4.68 Å². The molecule has 8 heteroatoms. The molecule has 0 saturated carbocycles. The van der Waals surface area contributed by atoms with Crippen molar-refractivity contribution in [3.8, 4) is 0 Å². The van der Waals surface area contributed by atoms with Gasteiger partial charge >= 0.3 is 6.18 Å². The topological polar surface area (TPSA) is 52.0 Å². The van der Waals surface area contributed by atoms with Crippen molar-refractivity contribution in [1.82, 2.24) is 20.3 Å². The average molecular weight is 294 g/mol. The summed E-state index contributed by atoms with van der Waals surface area (Å²) in [5.41, 5.74) is 0.879. The SMILES string of the molecule is CCCn1nncc1C(CCOCC(F)(F)F)NCC. The highest BCUT2D eigenvalue weighted by molar-refractivity contribution is 5.02. The van der Waals surface area contributed by atoms with E-state index in [2.05, 4.69) is 20.4 Å².